The molecule has 8 aliphatic rings. The van der Waals surface area contributed by atoms with Gasteiger partial charge in [0.2, 0.25) is 0 Å². The van der Waals surface area contributed by atoms with Crippen LogP contribution in [-0.4, -0.2) is 468 Å². The minimum atomic E-state index is -2.11. The molecule has 8 saturated heterocycles. The summed E-state index contributed by atoms with van der Waals surface area (Å²) in [5.41, 5.74) is -2.17. The van der Waals surface area contributed by atoms with Crippen LogP contribution in [-0.2, 0) is 88.6 Å². The molecule has 24 unspecified atom stereocenters. The fourth-order valence-electron chi connectivity index (χ4n) is 20.4. The second-order valence-electron chi connectivity index (χ2n) is 40.5. The summed E-state index contributed by atoms with van der Waals surface area (Å²) >= 11 is 0. The zero-order valence-electron chi connectivity index (χ0n) is 82.4. The SMILES string of the molecule is CCCCCCCCCCCCCCCCCCC(CO[C@@H]1OC(CO)[C@@H](O[C@@H]2OC(CO)[C@@H](O)C(O)C2O)C(O)C1O)(CO[C@@H]1OC(CO)[C@@H](O[C@@H]2OC(CO)[C@@H](O)C(O)C2O)C(O)C1O)Cc1ccccc1CC(CCCCCCCCCCCCCCCCCC)(CO[C@@H]1OC(CO)[C@@H](O[C@@H]2OC(CO)[C@@H](O)C(O)C2O)C(O)C1O)CO[C@@H]1OC(CO)[C@@H](O[C@@H]2OC(CO)[C@@H](O)C(O)C2O)C(O)C1O. The summed E-state index contributed by atoms with van der Waals surface area (Å²) < 4.78 is 98.3. The first-order chi connectivity index (χ1) is 68.3. The van der Waals surface area contributed by atoms with E-state index in [1.165, 1.54) is 77.0 Å². The summed E-state index contributed by atoms with van der Waals surface area (Å²) in [6.07, 6.45) is -43.1. The van der Waals surface area contributed by atoms with Crippen molar-refractivity contribution in [3.8, 4) is 0 Å². The van der Waals surface area contributed by atoms with Gasteiger partial charge >= 0.3 is 0 Å². The van der Waals surface area contributed by atoms with Gasteiger partial charge in [0.05, 0.1) is 79.3 Å². The van der Waals surface area contributed by atoms with Crippen LogP contribution in [0.3, 0.4) is 0 Å². The molecule has 44 heteroatoms. The monoisotopic (exact) mass is 2060 g/mol. The molecular weight excluding hydrogens is 1880 g/mol. The predicted molar refractivity (Wildman–Crippen MR) is 496 cm³/mol. The third kappa shape index (κ3) is 34.5. The topological polar surface area (TPSA) is 714 Å². The maximum Gasteiger partial charge on any atom is 0.187 e. The molecule has 40 atom stereocenters. The highest BCUT2D eigenvalue weighted by Gasteiger charge is 2.58. The van der Waals surface area contributed by atoms with Crippen LogP contribution in [0.5, 0.6) is 0 Å². The standard InChI is InChI=1S/C98H174O44/c1-3-5-7-9-11-13-15-17-19-21-23-25-27-29-31-35-39-97(51-127-89-81(123)73(115)85(61(47-103)135-89)139-93-77(119)69(111)65(107)57(43-99)131-93,52-128-90-82(124)74(116)86(62(48-104)136-90)140-94-78(120)70(112)66(108)58(44-100)132-94)41-55-37-33-34-38-56(55)42-98(40-36-32-30-28-26-24-22-20-18-16-14-12-10-8-6-4-2,53-129-91-83(125)75(117)87(63(49-105)137-91)141-95-79(121)71(113)67(109)59(45-101)133-95)54-130-92-84(126)76(118)88(64(50-106)138-92)142-96-80(122)72(114)68(110)60(46-102)134-96/h33-34,37-38,57-96,99-126H,3-32,35-36,39-54H2,1-2H3/t57?,58?,59?,60?,61?,62?,63?,64?,65-,66-,67-,68-,69?,70?,71?,72?,73?,74?,75?,76?,77?,78?,79?,80?,81?,82?,83?,84?,85-,86-,87-,88-,89-,90-,91-,92-,93+,94+,95+,96+,97?,98?/m1/s1. The Morgan fingerprint density at radius 1 is 0.204 bits per heavy atom. The molecule has 0 bridgehead atoms. The van der Waals surface area contributed by atoms with Crippen LogP contribution in [0.15, 0.2) is 24.3 Å². The minimum Gasteiger partial charge on any atom is -0.394 e. The van der Waals surface area contributed by atoms with Gasteiger partial charge in [0.25, 0.3) is 0 Å². The molecule has 0 spiro atoms. The molecule has 142 heavy (non-hydrogen) atoms. The number of hydrogen-bond acceptors (Lipinski definition) is 44. The molecule has 9 rings (SSSR count). The van der Waals surface area contributed by atoms with Gasteiger partial charge in [-0.2, -0.15) is 0 Å². The van der Waals surface area contributed by atoms with Crippen molar-refractivity contribution in [1.82, 2.24) is 0 Å². The fourth-order valence-corrected chi connectivity index (χ4v) is 20.4. The average molecular weight is 2060 g/mol. The Bertz CT molecular complexity index is 3100. The van der Waals surface area contributed by atoms with Crippen molar-refractivity contribution in [2.75, 3.05) is 79.3 Å². The second kappa shape index (κ2) is 63.2. The van der Waals surface area contributed by atoms with Gasteiger partial charge in [0.1, 0.15) is 195 Å². The highest BCUT2D eigenvalue weighted by molar-refractivity contribution is 5.30. The smallest absolute Gasteiger partial charge is 0.187 e. The van der Waals surface area contributed by atoms with E-state index in [1.807, 2.05) is 0 Å². The fraction of sp³-hybridized carbons (Fsp3) is 0.939. The Morgan fingerprint density at radius 2 is 0.373 bits per heavy atom. The number of unbranched alkanes of at least 4 members (excludes halogenated alkanes) is 30. The summed E-state index contributed by atoms with van der Waals surface area (Å²) in [7, 11) is 0. The Kier molecular flexibility index (Phi) is 54.7. The Hall–Kier alpha value is -2.54. The molecular formula is C98H174O44. The number of aliphatic hydroxyl groups excluding tert-OH is 28. The Balaban J connectivity index is 1.11. The van der Waals surface area contributed by atoms with E-state index in [9.17, 15) is 143 Å². The number of benzene rings is 1. The Labute approximate surface area is 831 Å². The predicted octanol–water partition coefficient (Wildman–Crippen LogP) is -3.39. The van der Waals surface area contributed by atoms with Crippen LogP contribution in [0.4, 0.5) is 0 Å². The zero-order valence-corrected chi connectivity index (χ0v) is 82.4. The molecule has 0 radical (unpaired) electrons. The zero-order chi connectivity index (χ0) is 103. The first-order valence-electron chi connectivity index (χ1n) is 52.2. The van der Waals surface area contributed by atoms with Crippen LogP contribution < -0.4 is 0 Å². The maximum absolute atomic E-state index is 12.3. The Morgan fingerprint density at radius 3 is 0.556 bits per heavy atom. The van der Waals surface area contributed by atoms with Crippen molar-refractivity contribution in [1.29, 1.82) is 0 Å². The van der Waals surface area contributed by atoms with Gasteiger partial charge in [-0.25, -0.2) is 0 Å². The lowest BCUT2D eigenvalue weighted by atomic mass is 9.73. The molecule has 8 fully saturated rings. The van der Waals surface area contributed by atoms with Gasteiger partial charge in [-0.15, -0.1) is 0 Å². The van der Waals surface area contributed by atoms with Crippen LogP contribution in [0.25, 0.3) is 0 Å². The highest BCUT2D eigenvalue weighted by Crippen LogP contribution is 2.44. The molecule has 0 amide bonds. The number of rotatable bonds is 66. The van der Waals surface area contributed by atoms with Crippen molar-refractivity contribution in [2.24, 2.45) is 10.8 Å². The molecule has 0 aliphatic carbocycles. The van der Waals surface area contributed by atoms with Crippen molar-refractivity contribution in [3.63, 3.8) is 0 Å². The molecule has 28 N–H and O–H groups in total. The summed E-state index contributed by atoms with van der Waals surface area (Å²) in [5.74, 6) is 0. The molecule has 0 saturated carbocycles. The van der Waals surface area contributed by atoms with E-state index in [1.54, 1.807) is 24.3 Å². The molecule has 0 aromatic heterocycles. The van der Waals surface area contributed by atoms with Gasteiger partial charge in [-0.1, -0.05) is 244 Å². The first-order valence-corrected chi connectivity index (χ1v) is 52.2. The second-order valence-corrected chi connectivity index (χ2v) is 40.5. The largest absolute Gasteiger partial charge is 0.394 e. The van der Waals surface area contributed by atoms with Gasteiger partial charge in [0.15, 0.2) is 50.3 Å². The molecule has 8 heterocycles. The van der Waals surface area contributed by atoms with Gasteiger partial charge in [-0.05, 0) is 36.8 Å². The number of aliphatic hydroxyl groups is 28. The van der Waals surface area contributed by atoms with Crippen LogP contribution in [0.1, 0.15) is 243 Å². The van der Waals surface area contributed by atoms with Crippen molar-refractivity contribution < 1.29 is 219 Å². The summed E-state index contributed by atoms with van der Waals surface area (Å²) in [6.45, 7) is -5.29. The van der Waals surface area contributed by atoms with E-state index in [0.29, 0.717) is 49.7 Å². The normalized spacial score (nSPS) is 39.0. The molecule has 830 valence electrons. The van der Waals surface area contributed by atoms with E-state index in [4.69, 9.17) is 75.8 Å². The van der Waals surface area contributed by atoms with E-state index in [-0.39, 0.29) is 25.7 Å². The van der Waals surface area contributed by atoms with Gasteiger partial charge < -0.3 is 219 Å². The van der Waals surface area contributed by atoms with Crippen molar-refractivity contribution in [3.05, 3.63) is 35.4 Å². The van der Waals surface area contributed by atoms with Gasteiger partial charge in [0, 0.05) is 10.8 Å². The molecule has 1 aromatic rings. The van der Waals surface area contributed by atoms with Crippen molar-refractivity contribution in [2.45, 2.75) is 491 Å². The first kappa shape index (κ1) is 123. The number of hydrogen-bond donors (Lipinski definition) is 28. The number of ether oxygens (including phenoxy) is 16. The maximum atomic E-state index is 12.3. The average Bonchev–Trinajstić information content (AvgIpc) is 0.796. The summed E-state index contributed by atoms with van der Waals surface area (Å²) in [5, 5.41) is 313. The lowest BCUT2D eigenvalue weighted by molar-refractivity contribution is -0.365. The van der Waals surface area contributed by atoms with E-state index >= 15 is 0 Å². The third-order valence-electron chi connectivity index (χ3n) is 29.4. The summed E-state index contributed by atoms with van der Waals surface area (Å²) in [4.78, 5) is 0. The lowest BCUT2D eigenvalue weighted by Gasteiger charge is -2.47. The van der Waals surface area contributed by atoms with E-state index in [2.05, 4.69) is 13.8 Å². The van der Waals surface area contributed by atoms with E-state index in [0.717, 1.165) is 89.9 Å². The third-order valence-corrected chi connectivity index (χ3v) is 29.4. The van der Waals surface area contributed by atoms with Crippen LogP contribution >= 0.6 is 0 Å². The van der Waals surface area contributed by atoms with Crippen molar-refractivity contribution >= 4 is 0 Å². The van der Waals surface area contributed by atoms with E-state index < -0.39 is 336 Å². The highest BCUT2D eigenvalue weighted by atomic mass is 16.8. The summed E-state index contributed by atoms with van der Waals surface area (Å²) in [6, 6.07) is 6.93. The minimum absolute atomic E-state index is 0.0876. The van der Waals surface area contributed by atoms with Gasteiger partial charge in [-0.3, -0.25) is 0 Å². The molecule has 44 nitrogen and oxygen atoms in total. The molecule has 1 aromatic carbocycles. The molecule has 8 aliphatic heterocycles. The van der Waals surface area contributed by atoms with Crippen LogP contribution in [0.2, 0.25) is 0 Å². The van der Waals surface area contributed by atoms with Crippen LogP contribution in [0, 0.1) is 10.8 Å². The quantitative estimate of drug-likeness (QED) is 0.0283. The lowest BCUT2D eigenvalue weighted by Crippen LogP contribution is -2.65.